The molecule has 1 atom stereocenters. The molecular formula is C17H22N2O7S. The average Bonchev–Trinajstić information content (AvgIpc) is 2.66. The lowest BCUT2D eigenvalue weighted by atomic mass is 9.80. The number of nitrogens with zero attached hydrogens (tertiary/aromatic N) is 2. The van der Waals surface area contributed by atoms with Crippen molar-refractivity contribution >= 4 is 29.3 Å². The Kier molecular flexibility index (Phi) is 6.66. The van der Waals surface area contributed by atoms with Crippen LogP contribution in [0.2, 0.25) is 0 Å². The van der Waals surface area contributed by atoms with E-state index in [-0.39, 0.29) is 24.4 Å². The summed E-state index contributed by atoms with van der Waals surface area (Å²) in [6.45, 7) is 0.231. The largest absolute Gasteiger partial charge is 0.495 e. The van der Waals surface area contributed by atoms with E-state index in [0.29, 0.717) is 30.0 Å². The highest BCUT2D eigenvalue weighted by Crippen LogP contribution is 2.37. The molecular weight excluding hydrogens is 376 g/mol. The number of rotatable bonds is 7. The third-order valence-electron chi connectivity index (χ3n) is 4.67. The maximum absolute atomic E-state index is 13.0. The molecule has 1 heterocycles. The van der Waals surface area contributed by atoms with Gasteiger partial charge >= 0.3 is 5.97 Å². The van der Waals surface area contributed by atoms with Crippen LogP contribution in [-0.4, -0.2) is 67.0 Å². The van der Waals surface area contributed by atoms with E-state index in [9.17, 15) is 24.8 Å². The fourth-order valence-electron chi connectivity index (χ4n) is 3.30. The molecule has 1 fully saturated rings. The number of methoxy groups -OCH3 is 2. The molecule has 1 aliphatic rings. The van der Waals surface area contributed by atoms with Crippen molar-refractivity contribution in [2.75, 3.05) is 40.2 Å². The van der Waals surface area contributed by atoms with Crippen LogP contribution in [0.4, 0.5) is 5.69 Å². The molecule has 0 spiro atoms. The number of benzene rings is 1. The summed E-state index contributed by atoms with van der Waals surface area (Å²) in [6.07, 6.45) is 2.62. The molecule has 9 nitrogen and oxygen atoms in total. The highest BCUT2D eigenvalue weighted by atomic mass is 32.2. The highest BCUT2D eigenvalue weighted by molar-refractivity contribution is 7.98. The number of hydrogen-bond donors (Lipinski definition) is 1. The third kappa shape index (κ3) is 4.16. The molecule has 1 N–H and O–H groups in total. The summed E-state index contributed by atoms with van der Waals surface area (Å²) >= 11 is 1.30. The van der Waals surface area contributed by atoms with Gasteiger partial charge in [-0.1, -0.05) is 0 Å². The molecule has 0 aromatic heterocycles. The molecule has 1 aliphatic heterocycles. The fraction of sp³-hybridized carbons (Fsp3) is 0.529. The predicted molar refractivity (Wildman–Crippen MR) is 98.5 cm³/mol. The molecule has 2 rings (SSSR count). The fourth-order valence-corrected chi connectivity index (χ4v) is 3.88. The molecule has 1 aromatic carbocycles. The molecule has 0 bridgehead atoms. The zero-order valence-corrected chi connectivity index (χ0v) is 16.2. The molecule has 0 radical (unpaired) electrons. The number of carboxylic acids is 1. The van der Waals surface area contributed by atoms with Gasteiger partial charge in [0.1, 0.15) is 16.7 Å². The number of carboxylic acid groups (broad SMARTS) is 1. The lowest BCUT2D eigenvalue weighted by Gasteiger charge is -2.39. The van der Waals surface area contributed by atoms with Crippen LogP contribution >= 0.6 is 11.8 Å². The number of ether oxygens (including phenoxy) is 2. The van der Waals surface area contributed by atoms with Crippen molar-refractivity contribution in [1.29, 1.82) is 0 Å². The highest BCUT2D eigenvalue weighted by Gasteiger charge is 2.44. The molecule has 1 aromatic rings. The Morgan fingerprint density at radius 1 is 1.41 bits per heavy atom. The molecule has 0 aliphatic carbocycles. The number of nitro groups is 1. The van der Waals surface area contributed by atoms with Crippen LogP contribution < -0.4 is 4.74 Å². The molecule has 10 heteroatoms. The first kappa shape index (κ1) is 21.0. The number of aliphatic carboxylic acids is 1. The van der Waals surface area contributed by atoms with Gasteiger partial charge < -0.3 is 19.5 Å². The van der Waals surface area contributed by atoms with Crippen molar-refractivity contribution in [2.45, 2.75) is 17.7 Å². The molecule has 27 heavy (non-hydrogen) atoms. The van der Waals surface area contributed by atoms with E-state index >= 15 is 0 Å². The molecule has 148 valence electrons. The van der Waals surface area contributed by atoms with Crippen LogP contribution in [0, 0.1) is 15.5 Å². The van der Waals surface area contributed by atoms with Gasteiger partial charge in [0.05, 0.1) is 29.6 Å². The molecule has 1 saturated heterocycles. The molecule has 0 saturated carbocycles. The minimum Gasteiger partial charge on any atom is -0.495 e. The Morgan fingerprint density at radius 3 is 2.63 bits per heavy atom. The Hall–Kier alpha value is -2.33. The Balaban J connectivity index is 2.44. The van der Waals surface area contributed by atoms with Crippen LogP contribution in [0.25, 0.3) is 0 Å². The number of amides is 1. The van der Waals surface area contributed by atoms with Crippen molar-refractivity contribution < 1.29 is 29.1 Å². The van der Waals surface area contributed by atoms with E-state index in [1.54, 1.807) is 6.26 Å². The number of hydrogen-bond acceptors (Lipinski definition) is 7. The average molecular weight is 398 g/mol. The number of likely N-dealkylation sites (tertiary alicyclic amines) is 1. The van der Waals surface area contributed by atoms with Crippen LogP contribution in [0.1, 0.15) is 23.2 Å². The summed E-state index contributed by atoms with van der Waals surface area (Å²) in [5.41, 5.74) is -1.66. The Bertz CT molecular complexity index is 751. The van der Waals surface area contributed by atoms with Gasteiger partial charge in [0.15, 0.2) is 0 Å². The van der Waals surface area contributed by atoms with E-state index in [1.807, 2.05) is 0 Å². The Morgan fingerprint density at radius 2 is 2.11 bits per heavy atom. The zero-order chi connectivity index (χ0) is 20.2. The summed E-state index contributed by atoms with van der Waals surface area (Å²) in [4.78, 5) is 37.6. The second-order valence-corrected chi connectivity index (χ2v) is 7.18. The smallest absolute Gasteiger partial charge is 0.313 e. The Labute approximate surface area is 160 Å². The topological polar surface area (TPSA) is 119 Å². The second-order valence-electron chi connectivity index (χ2n) is 6.33. The van der Waals surface area contributed by atoms with Gasteiger partial charge in [-0.2, -0.15) is 0 Å². The van der Waals surface area contributed by atoms with Gasteiger partial charge in [-0.15, -0.1) is 11.8 Å². The monoisotopic (exact) mass is 398 g/mol. The van der Waals surface area contributed by atoms with E-state index < -0.39 is 22.2 Å². The summed E-state index contributed by atoms with van der Waals surface area (Å²) < 4.78 is 10.2. The van der Waals surface area contributed by atoms with Crippen LogP contribution in [0.5, 0.6) is 5.75 Å². The minimum atomic E-state index is -1.22. The van der Waals surface area contributed by atoms with E-state index in [0.717, 1.165) is 0 Å². The predicted octanol–water partition coefficient (Wildman–Crippen LogP) is 2.28. The van der Waals surface area contributed by atoms with E-state index in [2.05, 4.69) is 0 Å². The maximum atomic E-state index is 13.0. The normalized spacial score (nSPS) is 19.6. The van der Waals surface area contributed by atoms with Gasteiger partial charge in [-0.05, 0) is 25.2 Å². The van der Waals surface area contributed by atoms with Crippen molar-refractivity contribution in [3.8, 4) is 5.75 Å². The summed E-state index contributed by atoms with van der Waals surface area (Å²) in [5.74, 6) is -1.30. The van der Waals surface area contributed by atoms with Crippen LogP contribution in [-0.2, 0) is 9.53 Å². The van der Waals surface area contributed by atoms with Crippen molar-refractivity contribution in [2.24, 2.45) is 5.41 Å². The number of carbonyl (C=O) groups is 2. The van der Waals surface area contributed by atoms with Crippen molar-refractivity contribution in [3.63, 3.8) is 0 Å². The van der Waals surface area contributed by atoms with Crippen LogP contribution in [0.3, 0.4) is 0 Å². The third-order valence-corrected chi connectivity index (χ3v) is 5.43. The first-order valence-corrected chi connectivity index (χ1v) is 9.44. The van der Waals surface area contributed by atoms with Crippen molar-refractivity contribution in [3.05, 3.63) is 27.8 Å². The van der Waals surface area contributed by atoms with Crippen LogP contribution in [0.15, 0.2) is 17.0 Å². The lowest BCUT2D eigenvalue weighted by molar-refractivity contribution is -0.385. The number of carbonyl (C=O) groups excluding carboxylic acids is 1. The van der Waals surface area contributed by atoms with Crippen molar-refractivity contribution in [1.82, 2.24) is 4.90 Å². The number of piperidine rings is 1. The molecule has 1 amide bonds. The quantitative estimate of drug-likeness (QED) is 0.422. The van der Waals surface area contributed by atoms with E-state index in [4.69, 9.17) is 9.47 Å². The SMILES string of the molecule is COCC1(C(=O)O)CCCN(C(=O)c2cc(SC)c(OC)cc2[N+](=O)[O-])C1. The van der Waals surface area contributed by atoms with Gasteiger partial charge in [-0.25, -0.2) is 0 Å². The lowest BCUT2D eigenvalue weighted by Crippen LogP contribution is -2.52. The minimum absolute atomic E-state index is 0.0348. The summed E-state index contributed by atoms with van der Waals surface area (Å²) in [6, 6.07) is 2.65. The van der Waals surface area contributed by atoms with Gasteiger partial charge in [-0.3, -0.25) is 19.7 Å². The zero-order valence-electron chi connectivity index (χ0n) is 15.4. The number of thioether (sulfide) groups is 1. The van der Waals surface area contributed by atoms with Gasteiger partial charge in [0.25, 0.3) is 11.6 Å². The second kappa shape index (κ2) is 8.57. The summed E-state index contributed by atoms with van der Waals surface area (Å²) in [7, 11) is 2.81. The maximum Gasteiger partial charge on any atom is 0.313 e. The van der Waals surface area contributed by atoms with Gasteiger partial charge in [0.2, 0.25) is 0 Å². The van der Waals surface area contributed by atoms with Gasteiger partial charge in [0, 0.05) is 20.2 Å². The standard InChI is InChI=1S/C17H22N2O7S/c1-25-10-17(16(21)22)5-4-6-18(9-17)15(20)11-7-14(27-3)13(26-2)8-12(11)19(23)24/h7-8H,4-6,9-10H2,1-3H3,(H,21,22). The first-order chi connectivity index (χ1) is 12.8. The number of nitro benzene ring substituents is 1. The first-order valence-electron chi connectivity index (χ1n) is 8.21. The van der Waals surface area contributed by atoms with E-state index in [1.165, 1.54) is 43.0 Å². The summed E-state index contributed by atoms with van der Waals surface area (Å²) in [5, 5.41) is 21.1. The molecule has 1 unspecified atom stereocenters.